The molecular weight excluding hydrogens is 875 g/mol. The first-order valence-electron chi connectivity index (χ1n) is 22.8. The Labute approximate surface area is 387 Å². The van der Waals surface area contributed by atoms with Crippen LogP contribution < -0.4 is 27.8 Å². The van der Waals surface area contributed by atoms with Crippen LogP contribution in [0.5, 0.6) is 0 Å². The molecule has 2 amide bonds. The van der Waals surface area contributed by atoms with E-state index < -0.39 is 86.1 Å². The standard InChI is InChI=1S/C46H75N7O10S2/c1-35(2)27-40(19-10-12-23-47)46(59)50-41(20-11-13-24-48)32-53(65(62,63)34-38-17-8-5-9-18-38)33-44(56)51-42(21-14-22-45(57)58)43(55)29-39(28-37-15-6-4-7-16-37)31-52(30-36(3)54)64(60,61)26-25-49/h4-9,15-18,35,39-42H,10-14,19-34,47-49H2,1-3H3,(H,50,59)(H,51,56)(H,57,58)/t39-,40-,41+,42+/m1/s1. The van der Waals surface area contributed by atoms with E-state index in [1.165, 1.54) is 6.92 Å². The predicted octanol–water partition coefficient (Wildman–Crippen LogP) is 2.96. The predicted molar refractivity (Wildman–Crippen MR) is 253 cm³/mol. The molecule has 0 heterocycles. The average molecular weight is 950 g/mol. The molecule has 0 fully saturated rings. The lowest BCUT2D eigenvalue weighted by Gasteiger charge is -2.30. The smallest absolute Gasteiger partial charge is 0.303 e. The number of aliphatic carboxylic acids is 1. The minimum Gasteiger partial charge on any atom is -0.481 e. The fraction of sp³-hybridized carbons (Fsp3) is 0.630. The first kappa shape index (κ1) is 57.0. The molecule has 0 aliphatic carbocycles. The van der Waals surface area contributed by atoms with Crippen LogP contribution >= 0.6 is 0 Å². The number of ketones is 2. The SMILES string of the molecule is CC(=O)CN(C[C@@H](CC(=O)[C@H](CCCC(=O)O)NC(=O)CN(C[C@H](CCCCN)NC(=O)[C@H](CCCCN)CC(C)C)S(=O)(=O)Cc1ccccc1)Cc1ccccc1)S(=O)(=O)CCN. The summed E-state index contributed by atoms with van der Waals surface area (Å²) >= 11 is 0. The summed E-state index contributed by atoms with van der Waals surface area (Å²) in [6.07, 6.45) is 3.82. The van der Waals surface area contributed by atoms with Crippen LogP contribution in [-0.4, -0.2) is 124 Å². The summed E-state index contributed by atoms with van der Waals surface area (Å²) < 4.78 is 57.2. The van der Waals surface area contributed by atoms with Gasteiger partial charge in [-0.25, -0.2) is 16.8 Å². The molecule has 0 saturated carbocycles. The van der Waals surface area contributed by atoms with Crippen molar-refractivity contribution in [3.05, 3.63) is 71.8 Å². The van der Waals surface area contributed by atoms with Crippen molar-refractivity contribution in [2.24, 2.45) is 35.0 Å². The van der Waals surface area contributed by atoms with Gasteiger partial charge in [-0.3, -0.25) is 24.0 Å². The van der Waals surface area contributed by atoms with Crippen LogP contribution in [0.1, 0.15) is 103 Å². The molecule has 9 N–H and O–H groups in total. The third kappa shape index (κ3) is 23.3. The minimum absolute atomic E-state index is 0.00912. The van der Waals surface area contributed by atoms with E-state index in [-0.39, 0.29) is 69.5 Å². The van der Waals surface area contributed by atoms with Crippen LogP contribution in [0.3, 0.4) is 0 Å². The summed E-state index contributed by atoms with van der Waals surface area (Å²) in [5, 5.41) is 15.2. The Hall–Kier alpha value is -4.11. The lowest BCUT2D eigenvalue weighted by atomic mass is 9.90. The summed E-state index contributed by atoms with van der Waals surface area (Å²) in [7, 11) is -8.25. The number of benzene rings is 2. The number of hydrogen-bond donors (Lipinski definition) is 6. The highest BCUT2D eigenvalue weighted by atomic mass is 32.2. The van der Waals surface area contributed by atoms with Crippen molar-refractivity contribution in [1.82, 2.24) is 19.2 Å². The van der Waals surface area contributed by atoms with E-state index >= 15 is 0 Å². The fourth-order valence-corrected chi connectivity index (χ4v) is 10.6. The zero-order valence-electron chi connectivity index (χ0n) is 38.6. The van der Waals surface area contributed by atoms with E-state index in [1.54, 1.807) is 48.5 Å². The van der Waals surface area contributed by atoms with E-state index in [0.29, 0.717) is 50.8 Å². The quantitative estimate of drug-likeness (QED) is 0.0537. The maximum Gasteiger partial charge on any atom is 0.303 e. The molecule has 0 radical (unpaired) electrons. The van der Waals surface area contributed by atoms with Gasteiger partial charge >= 0.3 is 5.97 Å². The minimum atomic E-state index is -4.25. The van der Waals surface area contributed by atoms with Crippen molar-refractivity contribution in [2.45, 2.75) is 116 Å². The molecule has 2 aromatic rings. The molecule has 0 unspecified atom stereocenters. The number of carbonyl (C=O) groups excluding carboxylic acids is 4. The number of nitrogens with zero attached hydrogens (tertiary/aromatic N) is 2. The highest BCUT2D eigenvalue weighted by Gasteiger charge is 2.33. The molecule has 2 rings (SSSR count). The number of rotatable bonds is 36. The van der Waals surface area contributed by atoms with Gasteiger partial charge < -0.3 is 32.9 Å². The number of nitrogens with one attached hydrogen (secondary N) is 2. The van der Waals surface area contributed by atoms with Crippen LogP contribution in [0.15, 0.2) is 60.7 Å². The van der Waals surface area contributed by atoms with E-state index in [4.69, 9.17) is 17.2 Å². The second-order valence-corrected chi connectivity index (χ2v) is 21.4. The maximum atomic E-state index is 14.3. The van der Waals surface area contributed by atoms with Gasteiger partial charge in [-0.1, -0.05) is 87.4 Å². The molecule has 2 aromatic carbocycles. The van der Waals surface area contributed by atoms with Crippen LogP contribution in [0.4, 0.5) is 0 Å². The summed E-state index contributed by atoms with van der Waals surface area (Å²) in [6.45, 7) is 4.37. The topological polar surface area (TPSA) is 282 Å². The number of Topliss-reactive ketones (excluding diaryl/α,β-unsaturated/α-hetero) is 2. The molecule has 4 atom stereocenters. The maximum absolute atomic E-state index is 14.3. The average Bonchev–Trinajstić information content (AvgIpc) is 3.22. The number of carboxylic acid groups (broad SMARTS) is 1. The zero-order chi connectivity index (χ0) is 48.4. The number of unbranched alkanes of at least 4 members (excludes halogenated alkanes) is 2. The molecule has 19 heteroatoms. The molecule has 0 saturated heterocycles. The van der Waals surface area contributed by atoms with Gasteiger partial charge in [-0.05, 0) is 94.3 Å². The molecule has 0 aliphatic rings. The Kier molecular flexibility index (Phi) is 26.5. The van der Waals surface area contributed by atoms with Crippen molar-refractivity contribution in [1.29, 1.82) is 0 Å². The van der Waals surface area contributed by atoms with Crippen LogP contribution in [0, 0.1) is 17.8 Å². The number of hydrogen-bond acceptors (Lipinski definition) is 12. The van der Waals surface area contributed by atoms with E-state index in [2.05, 4.69) is 10.6 Å². The molecule has 366 valence electrons. The van der Waals surface area contributed by atoms with Gasteiger partial charge in [0.2, 0.25) is 31.9 Å². The Morgan fingerprint density at radius 3 is 1.83 bits per heavy atom. The van der Waals surface area contributed by atoms with Crippen molar-refractivity contribution in [2.75, 3.05) is 51.6 Å². The summed E-state index contributed by atoms with van der Waals surface area (Å²) in [5.41, 5.74) is 18.4. The lowest BCUT2D eigenvalue weighted by Crippen LogP contribution is -2.52. The van der Waals surface area contributed by atoms with Gasteiger partial charge in [-0.2, -0.15) is 8.61 Å². The van der Waals surface area contributed by atoms with Crippen molar-refractivity contribution >= 4 is 49.4 Å². The fourth-order valence-electron chi connectivity index (χ4n) is 7.76. The van der Waals surface area contributed by atoms with E-state index in [9.17, 15) is 45.9 Å². The van der Waals surface area contributed by atoms with Gasteiger partial charge in [-0.15, -0.1) is 0 Å². The summed E-state index contributed by atoms with van der Waals surface area (Å²) in [6, 6.07) is 15.5. The molecular formula is C46H75N7O10S2. The highest BCUT2D eigenvalue weighted by Crippen LogP contribution is 2.22. The summed E-state index contributed by atoms with van der Waals surface area (Å²) in [4.78, 5) is 66.2. The molecule has 65 heavy (non-hydrogen) atoms. The number of nitrogens with two attached hydrogens (primary N) is 3. The van der Waals surface area contributed by atoms with Crippen molar-refractivity contribution < 1.29 is 45.9 Å². The normalized spacial score (nSPS) is 13.9. The molecule has 0 spiro atoms. The molecule has 0 aliphatic heterocycles. The van der Waals surface area contributed by atoms with Gasteiger partial charge in [0.15, 0.2) is 5.78 Å². The zero-order valence-corrected chi connectivity index (χ0v) is 40.2. The molecule has 0 aromatic heterocycles. The first-order chi connectivity index (χ1) is 30.8. The largest absolute Gasteiger partial charge is 0.481 e. The van der Waals surface area contributed by atoms with Crippen LogP contribution in [0.25, 0.3) is 0 Å². The Balaban J connectivity index is 2.54. The third-order valence-corrected chi connectivity index (χ3v) is 14.5. The second-order valence-electron chi connectivity index (χ2n) is 17.4. The number of sulfonamides is 2. The van der Waals surface area contributed by atoms with Gasteiger partial charge in [0.05, 0.1) is 30.6 Å². The highest BCUT2D eigenvalue weighted by molar-refractivity contribution is 7.89. The number of amides is 2. The number of carbonyl (C=O) groups is 5. The van der Waals surface area contributed by atoms with E-state index in [0.717, 1.165) is 27.0 Å². The molecule has 0 bridgehead atoms. The molecule has 17 nitrogen and oxygen atoms in total. The summed E-state index contributed by atoms with van der Waals surface area (Å²) in [5.74, 6) is -4.80. The van der Waals surface area contributed by atoms with Crippen LogP contribution in [0.2, 0.25) is 0 Å². The van der Waals surface area contributed by atoms with Crippen LogP contribution in [-0.2, 0) is 56.2 Å². The first-order valence-corrected chi connectivity index (χ1v) is 26.0. The Bertz CT molecular complexity index is 1970. The second kappa shape index (κ2) is 30.2. The van der Waals surface area contributed by atoms with Gasteiger partial charge in [0, 0.05) is 44.4 Å². The van der Waals surface area contributed by atoms with Gasteiger partial charge in [0.1, 0.15) is 5.78 Å². The lowest BCUT2D eigenvalue weighted by molar-refractivity contribution is -0.137. The van der Waals surface area contributed by atoms with Crippen molar-refractivity contribution in [3.63, 3.8) is 0 Å². The number of carboxylic acids is 1. The Morgan fingerprint density at radius 2 is 1.28 bits per heavy atom. The third-order valence-electron chi connectivity index (χ3n) is 10.9. The van der Waals surface area contributed by atoms with Crippen molar-refractivity contribution in [3.8, 4) is 0 Å². The monoisotopic (exact) mass is 950 g/mol. The van der Waals surface area contributed by atoms with Gasteiger partial charge in [0.25, 0.3) is 0 Å². The van der Waals surface area contributed by atoms with E-state index in [1.807, 2.05) is 26.0 Å². The Morgan fingerprint density at radius 1 is 0.692 bits per heavy atom.